The third-order valence-electron chi connectivity index (χ3n) is 4.44. The lowest BCUT2D eigenvalue weighted by Gasteiger charge is -2.13. The second-order valence-electron chi connectivity index (χ2n) is 5.89. The first kappa shape index (κ1) is 13.8. The molecule has 0 saturated heterocycles. The maximum atomic E-state index is 2.26. The Labute approximate surface area is 137 Å². The first-order valence-electron chi connectivity index (χ1n) is 7.98. The van der Waals surface area contributed by atoms with Gasteiger partial charge >= 0.3 is 0 Å². The Bertz CT molecular complexity index is 965. The van der Waals surface area contributed by atoms with E-state index in [1.807, 2.05) is 0 Å². The van der Waals surface area contributed by atoms with Crippen molar-refractivity contribution in [1.29, 1.82) is 0 Å². The lowest BCUT2D eigenvalue weighted by Crippen LogP contribution is -1.87. The highest BCUT2D eigenvalue weighted by Crippen LogP contribution is 2.36. The minimum absolute atomic E-state index is 1.26. The molecule has 110 valence electrons. The molecule has 0 heterocycles. The van der Waals surface area contributed by atoms with Gasteiger partial charge in [-0.3, -0.25) is 0 Å². The smallest absolute Gasteiger partial charge is 0.00991 e. The van der Waals surface area contributed by atoms with Gasteiger partial charge in [0.25, 0.3) is 0 Å². The Morgan fingerprint density at radius 1 is 0.435 bits per heavy atom. The van der Waals surface area contributed by atoms with Crippen LogP contribution in [0, 0.1) is 6.92 Å². The van der Waals surface area contributed by atoms with E-state index in [4.69, 9.17) is 0 Å². The van der Waals surface area contributed by atoms with Crippen LogP contribution in [-0.2, 0) is 0 Å². The van der Waals surface area contributed by atoms with Gasteiger partial charge in [0.15, 0.2) is 0 Å². The molecule has 0 unspecified atom stereocenters. The van der Waals surface area contributed by atoms with Crippen LogP contribution in [0.5, 0.6) is 0 Å². The summed E-state index contributed by atoms with van der Waals surface area (Å²) in [5.41, 5.74) is 6.48. The lowest BCUT2D eigenvalue weighted by atomic mass is 9.91. The molecule has 0 aromatic heterocycles. The van der Waals surface area contributed by atoms with Crippen molar-refractivity contribution in [3.8, 4) is 22.3 Å². The van der Waals surface area contributed by atoms with E-state index in [9.17, 15) is 0 Å². The molecule has 0 spiro atoms. The van der Waals surface area contributed by atoms with E-state index >= 15 is 0 Å². The first-order valence-corrected chi connectivity index (χ1v) is 7.98. The topological polar surface area (TPSA) is 0 Å². The summed E-state index contributed by atoms with van der Waals surface area (Å²) in [6, 6.07) is 32.4. The summed E-state index contributed by atoms with van der Waals surface area (Å²) in [5.74, 6) is 0. The maximum absolute atomic E-state index is 2.26. The van der Waals surface area contributed by atoms with Crippen LogP contribution in [-0.4, -0.2) is 0 Å². The van der Waals surface area contributed by atoms with Gasteiger partial charge in [0.1, 0.15) is 0 Å². The summed E-state index contributed by atoms with van der Waals surface area (Å²) in [5, 5.41) is 2.61. The fourth-order valence-electron chi connectivity index (χ4n) is 3.28. The molecular formula is C23H18. The first-order chi connectivity index (χ1) is 11.3. The zero-order valence-corrected chi connectivity index (χ0v) is 13.2. The van der Waals surface area contributed by atoms with E-state index in [0.717, 1.165) is 0 Å². The summed E-state index contributed by atoms with van der Waals surface area (Å²) in [4.78, 5) is 0. The normalized spacial score (nSPS) is 10.8. The molecule has 0 radical (unpaired) electrons. The predicted molar refractivity (Wildman–Crippen MR) is 99.6 cm³/mol. The van der Waals surface area contributed by atoms with Gasteiger partial charge in [0.2, 0.25) is 0 Å². The molecule has 0 aliphatic heterocycles. The van der Waals surface area contributed by atoms with Crippen LogP contribution in [0.4, 0.5) is 0 Å². The van der Waals surface area contributed by atoms with Gasteiger partial charge in [0.05, 0.1) is 0 Å². The molecule has 4 aromatic rings. The average Bonchev–Trinajstić information content (AvgIpc) is 2.62. The van der Waals surface area contributed by atoms with E-state index in [2.05, 4.69) is 97.9 Å². The van der Waals surface area contributed by atoms with Crippen LogP contribution in [0.3, 0.4) is 0 Å². The minimum atomic E-state index is 1.26. The van der Waals surface area contributed by atoms with Gasteiger partial charge in [-0.2, -0.15) is 0 Å². The largest absolute Gasteiger partial charge is 0.0622 e. The van der Waals surface area contributed by atoms with Crippen LogP contribution in [0.1, 0.15) is 5.56 Å². The highest BCUT2D eigenvalue weighted by Gasteiger charge is 2.10. The molecule has 0 atom stereocenters. The minimum Gasteiger partial charge on any atom is -0.0622 e. The molecule has 0 bridgehead atoms. The van der Waals surface area contributed by atoms with E-state index < -0.39 is 0 Å². The Morgan fingerprint density at radius 3 is 1.74 bits per heavy atom. The molecule has 0 N–H and O–H groups in total. The monoisotopic (exact) mass is 294 g/mol. The summed E-state index contributed by atoms with van der Waals surface area (Å²) >= 11 is 0. The van der Waals surface area contributed by atoms with Crippen molar-refractivity contribution >= 4 is 10.8 Å². The molecule has 4 aromatic carbocycles. The lowest BCUT2D eigenvalue weighted by molar-refractivity contribution is 1.47. The number of aryl methyl sites for hydroxylation is 1. The second kappa shape index (κ2) is 5.73. The van der Waals surface area contributed by atoms with Gasteiger partial charge < -0.3 is 0 Å². The summed E-state index contributed by atoms with van der Waals surface area (Å²) in [7, 11) is 0. The average molecular weight is 294 g/mol. The van der Waals surface area contributed by atoms with E-state index in [1.54, 1.807) is 0 Å². The number of benzene rings is 4. The number of hydrogen-bond acceptors (Lipinski definition) is 0. The quantitative estimate of drug-likeness (QED) is 0.397. The molecule has 4 rings (SSSR count). The standard InChI is InChI=1S/C23H18/c1-17-9-5-6-12-19(17)23-16-15-20(18-10-3-2-4-11-18)21-13-7-8-14-22(21)23/h2-16H,1H3. The highest BCUT2D eigenvalue weighted by atomic mass is 14.1. The zero-order chi connectivity index (χ0) is 15.6. The van der Waals surface area contributed by atoms with Crippen molar-refractivity contribution in [2.24, 2.45) is 0 Å². The molecule has 0 amide bonds. The predicted octanol–water partition coefficient (Wildman–Crippen LogP) is 6.48. The maximum Gasteiger partial charge on any atom is -0.00991 e. The molecule has 0 heteroatoms. The number of hydrogen-bond donors (Lipinski definition) is 0. The van der Waals surface area contributed by atoms with Crippen molar-refractivity contribution in [3.05, 3.63) is 96.6 Å². The van der Waals surface area contributed by atoms with Crippen LogP contribution in [0.15, 0.2) is 91.0 Å². The molecule has 23 heavy (non-hydrogen) atoms. The molecular weight excluding hydrogens is 276 g/mol. The van der Waals surface area contributed by atoms with E-state index in [1.165, 1.54) is 38.6 Å². The molecule has 0 nitrogen and oxygen atoms in total. The fraction of sp³-hybridized carbons (Fsp3) is 0.0435. The Hall–Kier alpha value is -2.86. The van der Waals surface area contributed by atoms with Crippen LogP contribution >= 0.6 is 0 Å². The SMILES string of the molecule is Cc1ccccc1-c1ccc(-c2ccccc2)c2ccccc12. The van der Waals surface area contributed by atoms with Gasteiger partial charge in [-0.05, 0) is 45.5 Å². The molecule has 0 aliphatic rings. The summed E-state index contributed by atoms with van der Waals surface area (Å²) in [6.07, 6.45) is 0. The number of fused-ring (bicyclic) bond motifs is 1. The third kappa shape index (κ3) is 2.43. The third-order valence-corrected chi connectivity index (χ3v) is 4.44. The summed E-state index contributed by atoms with van der Waals surface area (Å²) in [6.45, 7) is 2.18. The van der Waals surface area contributed by atoms with Crippen molar-refractivity contribution in [2.45, 2.75) is 6.92 Å². The van der Waals surface area contributed by atoms with Gasteiger partial charge in [-0.15, -0.1) is 0 Å². The van der Waals surface area contributed by atoms with E-state index in [-0.39, 0.29) is 0 Å². The molecule has 0 fully saturated rings. The van der Waals surface area contributed by atoms with Gasteiger partial charge in [-0.25, -0.2) is 0 Å². The Kier molecular flexibility index (Phi) is 3.44. The van der Waals surface area contributed by atoms with Crippen molar-refractivity contribution < 1.29 is 0 Å². The zero-order valence-electron chi connectivity index (χ0n) is 13.2. The highest BCUT2D eigenvalue weighted by molar-refractivity contribution is 6.05. The fourth-order valence-corrected chi connectivity index (χ4v) is 3.28. The second-order valence-corrected chi connectivity index (χ2v) is 5.89. The summed E-state index contributed by atoms with van der Waals surface area (Å²) < 4.78 is 0. The molecule has 0 saturated carbocycles. The number of rotatable bonds is 2. The van der Waals surface area contributed by atoms with Crippen LogP contribution in [0.25, 0.3) is 33.0 Å². The van der Waals surface area contributed by atoms with Gasteiger partial charge in [0, 0.05) is 0 Å². The van der Waals surface area contributed by atoms with Crippen LogP contribution in [0.2, 0.25) is 0 Å². The molecule has 0 aliphatic carbocycles. The van der Waals surface area contributed by atoms with Crippen molar-refractivity contribution in [2.75, 3.05) is 0 Å². The van der Waals surface area contributed by atoms with E-state index in [0.29, 0.717) is 0 Å². The van der Waals surface area contributed by atoms with Crippen molar-refractivity contribution in [3.63, 3.8) is 0 Å². The van der Waals surface area contributed by atoms with Crippen molar-refractivity contribution in [1.82, 2.24) is 0 Å². The Balaban J connectivity index is 2.02. The Morgan fingerprint density at radius 2 is 1.00 bits per heavy atom. The van der Waals surface area contributed by atoms with Crippen LogP contribution < -0.4 is 0 Å². The van der Waals surface area contributed by atoms with Gasteiger partial charge in [-0.1, -0.05) is 91.0 Å².